The second kappa shape index (κ2) is 5.76. The molecule has 0 spiro atoms. The summed E-state index contributed by atoms with van der Waals surface area (Å²) in [6.45, 7) is 8.24. The van der Waals surface area contributed by atoms with E-state index in [2.05, 4.69) is 42.5 Å². The van der Waals surface area contributed by atoms with Crippen molar-refractivity contribution in [3.05, 3.63) is 37.5 Å². The average molecular weight is 266 g/mol. The molecule has 4 heteroatoms. The van der Waals surface area contributed by atoms with Gasteiger partial charge in [-0.05, 0) is 37.3 Å². The van der Waals surface area contributed by atoms with E-state index in [0.717, 1.165) is 25.2 Å². The highest BCUT2D eigenvalue weighted by Crippen LogP contribution is 2.18. The van der Waals surface area contributed by atoms with Crippen molar-refractivity contribution >= 4 is 22.7 Å². The van der Waals surface area contributed by atoms with Crippen molar-refractivity contribution in [2.75, 3.05) is 0 Å². The van der Waals surface area contributed by atoms with Gasteiger partial charge in [0.2, 0.25) is 0 Å². The highest BCUT2D eigenvalue weighted by atomic mass is 32.1. The number of hydrogen-bond acceptors (Lipinski definition) is 4. The van der Waals surface area contributed by atoms with Crippen LogP contribution in [0.25, 0.3) is 0 Å². The fourth-order valence-corrected chi connectivity index (χ4v) is 3.58. The summed E-state index contributed by atoms with van der Waals surface area (Å²) in [4.78, 5) is 7.31. The predicted octanol–water partition coefficient (Wildman–Crippen LogP) is 3.67. The summed E-state index contributed by atoms with van der Waals surface area (Å²) in [5, 5.41) is 6.84. The van der Waals surface area contributed by atoms with E-state index in [-0.39, 0.29) is 0 Å². The summed E-state index contributed by atoms with van der Waals surface area (Å²) in [6, 6.07) is 2.22. The summed E-state index contributed by atoms with van der Waals surface area (Å²) >= 11 is 3.63. The molecule has 1 N–H and O–H groups in total. The molecule has 0 aliphatic carbocycles. The minimum absolute atomic E-state index is 0.875. The zero-order valence-corrected chi connectivity index (χ0v) is 12.2. The second-order valence-electron chi connectivity index (χ2n) is 4.08. The molecule has 0 aliphatic rings. The van der Waals surface area contributed by atoms with Crippen molar-refractivity contribution in [1.29, 1.82) is 0 Å². The fourth-order valence-electron chi connectivity index (χ4n) is 1.73. The summed E-state index contributed by atoms with van der Waals surface area (Å²) in [5.74, 6) is 0. The van der Waals surface area contributed by atoms with Crippen LogP contribution in [0.5, 0.6) is 0 Å². The lowest BCUT2D eigenvalue weighted by atomic mass is 10.2. The van der Waals surface area contributed by atoms with Gasteiger partial charge in [-0.3, -0.25) is 0 Å². The first-order valence-corrected chi connectivity index (χ1v) is 7.59. The molecule has 2 nitrogen and oxygen atoms in total. The Bertz CT molecular complexity index is 466. The summed E-state index contributed by atoms with van der Waals surface area (Å²) in [6.07, 6.45) is 1.12. The summed E-state index contributed by atoms with van der Waals surface area (Å²) < 4.78 is 0. The molecular weight excluding hydrogens is 248 g/mol. The van der Waals surface area contributed by atoms with Crippen LogP contribution in [-0.2, 0) is 19.5 Å². The molecule has 2 rings (SSSR count). The number of aromatic nitrogens is 1. The average Bonchev–Trinajstić information content (AvgIpc) is 2.87. The molecule has 17 heavy (non-hydrogen) atoms. The Morgan fingerprint density at radius 1 is 1.29 bits per heavy atom. The topological polar surface area (TPSA) is 24.9 Å². The second-order valence-corrected chi connectivity index (χ2v) is 6.36. The molecule has 0 unspecified atom stereocenters. The number of hydrogen-bond donors (Lipinski definition) is 1. The van der Waals surface area contributed by atoms with Crippen LogP contribution in [0.15, 0.2) is 11.4 Å². The van der Waals surface area contributed by atoms with Gasteiger partial charge in [0, 0.05) is 22.8 Å². The van der Waals surface area contributed by atoms with Crippen LogP contribution in [0.2, 0.25) is 0 Å². The van der Waals surface area contributed by atoms with Gasteiger partial charge in [-0.2, -0.15) is 0 Å². The van der Waals surface area contributed by atoms with E-state index >= 15 is 0 Å². The Balaban J connectivity index is 1.87. The number of nitrogens with one attached hydrogen (secondary N) is 1. The molecule has 0 fully saturated rings. The van der Waals surface area contributed by atoms with E-state index in [9.17, 15) is 0 Å². The fraction of sp³-hybridized carbons (Fsp3) is 0.462. The SMILES string of the molecule is CCc1ccsc1CNCc1nc(C)c(C)s1. The first-order chi connectivity index (χ1) is 8.20. The lowest BCUT2D eigenvalue weighted by molar-refractivity contribution is 0.692. The van der Waals surface area contributed by atoms with E-state index in [1.54, 1.807) is 11.3 Å². The standard InChI is InChI=1S/C13H18N2S2/c1-4-11-5-6-16-12(11)7-14-8-13-15-9(2)10(3)17-13/h5-6,14H,4,7-8H2,1-3H3. The van der Waals surface area contributed by atoms with Gasteiger partial charge < -0.3 is 5.32 Å². The molecule has 0 aliphatic heterocycles. The predicted molar refractivity (Wildman–Crippen MR) is 75.8 cm³/mol. The van der Waals surface area contributed by atoms with E-state index in [1.165, 1.54) is 20.3 Å². The van der Waals surface area contributed by atoms with Gasteiger partial charge in [0.25, 0.3) is 0 Å². The molecule has 0 aromatic carbocycles. The number of thiazole rings is 1. The van der Waals surface area contributed by atoms with E-state index < -0.39 is 0 Å². The van der Waals surface area contributed by atoms with Crippen molar-refractivity contribution in [1.82, 2.24) is 10.3 Å². The minimum atomic E-state index is 0.875. The van der Waals surface area contributed by atoms with Crippen molar-refractivity contribution in [3.8, 4) is 0 Å². The van der Waals surface area contributed by atoms with Crippen molar-refractivity contribution in [2.24, 2.45) is 0 Å². The van der Waals surface area contributed by atoms with Crippen LogP contribution in [0.3, 0.4) is 0 Å². The van der Waals surface area contributed by atoms with Gasteiger partial charge in [0.1, 0.15) is 5.01 Å². The first kappa shape index (κ1) is 12.7. The highest BCUT2D eigenvalue weighted by Gasteiger charge is 2.05. The van der Waals surface area contributed by atoms with Gasteiger partial charge in [-0.25, -0.2) is 4.98 Å². The minimum Gasteiger partial charge on any atom is -0.306 e. The van der Waals surface area contributed by atoms with Gasteiger partial charge in [-0.1, -0.05) is 6.92 Å². The van der Waals surface area contributed by atoms with E-state index in [4.69, 9.17) is 0 Å². The third-order valence-electron chi connectivity index (χ3n) is 2.85. The zero-order valence-electron chi connectivity index (χ0n) is 10.5. The Kier molecular flexibility index (Phi) is 4.31. The molecule has 0 radical (unpaired) electrons. The molecule has 92 valence electrons. The van der Waals surface area contributed by atoms with E-state index in [0.29, 0.717) is 0 Å². The molecule has 0 atom stereocenters. The maximum Gasteiger partial charge on any atom is 0.107 e. The third kappa shape index (κ3) is 3.15. The third-order valence-corrected chi connectivity index (χ3v) is 4.89. The summed E-state index contributed by atoms with van der Waals surface area (Å²) in [7, 11) is 0. The normalized spacial score (nSPS) is 11.0. The Hall–Kier alpha value is -0.710. The Morgan fingerprint density at radius 3 is 2.76 bits per heavy atom. The zero-order chi connectivity index (χ0) is 12.3. The maximum atomic E-state index is 4.53. The van der Waals surface area contributed by atoms with Crippen LogP contribution in [0, 0.1) is 13.8 Å². The van der Waals surface area contributed by atoms with Crippen molar-refractivity contribution in [3.63, 3.8) is 0 Å². The highest BCUT2D eigenvalue weighted by molar-refractivity contribution is 7.11. The molecule has 2 aromatic heterocycles. The summed E-state index contributed by atoms with van der Waals surface area (Å²) in [5.41, 5.74) is 2.63. The van der Waals surface area contributed by atoms with Crippen molar-refractivity contribution < 1.29 is 0 Å². The molecule has 0 saturated heterocycles. The number of rotatable bonds is 5. The maximum absolute atomic E-state index is 4.53. The molecule has 0 bridgehead atoms. The lowest BCUT2D eigenvalue weighted by Gasteiger charge is -2.02. The number of nitrogens with zero attached hydrogens (tertiary/aromatic N) is 1. The van der Waals surface area contributed by atoms with Crippen LogP contribution >= 0.6 is 22.7 Å². The van der Waals surface area contributed by atoms with Crippen molar-refractivity contribution in [2.45, 2.75) is 40.3 Å². The largest absolute Gasteiger partial charge is 0.306 e. The first-order valence-electron chi connectivity index (χ1n) is 5.89. The number of aryl methyl sites for hydroxylation is 3. The quantitative estimate of drug-likeness (QED) is 0.893. The molecule has 2 aromatic rings. The van der Waals surface area contributed by atoms with Crippen LogP contribution in [-0.4, -0.2) is 4.98 Å². The molecule has 2 heterocycles. The van der Waals surface area contributed by atoms with Gasteiger partial charge in [0.15, 0.2) is 0 Å². The smallest absolute Gasteiger partial charge is 0.107 e. The molecule has 0 amide bonds. The van der Waals surface area contributed by atoms with Crippen LogP contribution in [0.4, 0.5) is 0 Å². The lowest BCUT2D eigenvalue weighted by Crippen LogP contribution is -2.12. The van der Waals surface area contributed by atoms with Crippen LogP contribution in [0.1, 0.15) is 32.9 Å². The Labute approximate surface area is 111 Å². The van der Waals surface area contributed by atoms with Gasteiger partial charge in [0.05, 0.1) is 5.69 Å². The molecule has 0 saturated carbocycles. The van der Waals surface area contributed by atoms with Gasteiger partial charge in [-0.15, -0.1) is 22.7 Å². The Morgan fingerprint density at radius 2 is 2.12 bits per heavy atom. The monoisotopic (exact) mass is 266 g/mol. The van der Waals surface area contributed by atoms with E-state index in [1.807, 2.05) is 11.3 Å². The van der Waals surface area contributed by atoms with Crippen LogP contribution < -0.4 is 5.32 Å². The number of thiophene rings is 1. The van der Waals surface area contributed by atoms with Gasteiger partial charge >= 0.3 is 0 Å². The molecular formula is C13H18N2S2.